The van der Waals surface area contributed by atoms with Crippen molar-refractivity contribution in [3.63, 3.8) is 0 Å². The summed E-state index contributed by atoms with van der Waals surface area (Å²) < 4.78 is 11.4. The maximum absolute atomic E-state index is 12.8. The van der Waals surface area contributed by atoms with Crippen LogP contribution in [-0.4, -0.2) is 60.3 Å². The minimum Gasteiger partial charge on any atom is -0.350 e. The third kappa shape index (κ3) is 4.63. The summed E-state index contributed by atoms with van der Waals surface area (Å²) in [6, 6.07) is 14.9. The Hall–Kier alpha value is -2.77. The highest BCUT2D eigenvalue weighted by molar-refractivity contribution is 5.96. The number of carbonyl (C=O) groups excluding carboxylic acids is 2. The van der Waals surface area contributed by atoms with Gasteiger partial charge in [-0.05, 0) is 24.1 Å². The van der Waals surface area contributed by atoms with Crippen molar-refractivity contribution in [1.82, 2.24) is 15.2 Å². The van der Waals surface area contributed by atoms with Crippen LogP contribution in [0.5, 0.6) is 0 Å². The summed E-state index contributed by atoms with van der Waals surface area (Å²) in [6.45, 7) is 2.83. The fourth-order valence-electron chi connectivity index (χ4n) is 3.73. The van der Waals surface area contributed by atoms with Gasteiger partial charge in [-0.1, -0.05) is 36.4 Å². The van der Waals surface area contributed by atoms with Crippen molar-refractivity contribution in [2.75, 3.05) is 32.8 Å². The van der Waals surface area contributed by atoms with E-state index in [-0.39, 0.29) is 23.2 Å². The lowest BCUT2D eigenvalue weighted by Gasteiger charge is -2.37. The molecule has 0 bridgehead atoms. The number of piperidine rings is 1. The van der Waals surface area contributed by atoms with E-state index in [1.165, 1.54) is 0 Å². The van der Waals surface area contributed by atoms with E-state index in [0.717, 1.165) is 12.0 Å². The molecule has 1 N–H and O–H groups in total. The van der Waals surface area contributed by atoms with Gasteiger partial charge in [0.15, 0.2) is 5.79 Å². The first kappa shape index (κ1) is 19.5. The summed E-state index contributed by atoms with van der Waals surface area (Å²) in [7, 11) is 0. The third-order valence-electron chi connectivity index (χ3n) is 5.37. The largest absolute Gasteiger partial charge is 0.350 e. The van der Waals surface area contributed by atoms with Gasteiger partial charge in [-0.2, -0.15) is 0 Å². The molecule has 2 aliphatic rings. The Balaban J connectivity index is 1.33. The predicted octanol–water partition coefficient (Wildman–Crippen LogP) is 2.03. The molecule has 152 valence electrons. The molecule has 0 unspecified atom stereocenters. The molecule has 7 nitrogen and oxygen atoms in total. The second kappa shape index (κ2) is 8.71. The van der Waals surface area contributed by atoms with Gasteiger partial charge in [0.25, 0.3) is 11.8 Å². The van der Waals surface area contributed by atoms with E-state index >= 15 is 0 Å². The number of hydrogen-bond donors (Lipinski definition) is 1. The van der Waals surface area contributed by atoms with E-state index in [1.807, 2.05) is 30.3 Å². The summed E-state index contributed by atoms with van der Waals surface area (Å²) in [5.41, 5.74) is 1.69. The molecule has 4 rings (SSSR count). The maximum atomic E-state index is 12.8. The van der Waals surface area contributed by atoms with Crippen LogP contribution in [0.15, 0.2) is 48.5 Å². The molecule has 0 atom stereocenters. The van der Waals surface area contributed by atoms with Crippen molar-refractivity contribution < 1.29 is 19.1 Å². The SMILES string of the molecule is O=C(NCCc1ccccc1)c1cccc(C(=O)N2CCC3(CC2)OCCO3)n1. The number of nitrogens with zero attached hydrogens (tertiary/aromatic N) is 2. The van der Waals surface area contributed by atoms with Crippen LogP contribution in [0.4, 0.5) is 0 Å². The van der Waals surface area contributed by atoms with E-state index in [4.69, 9.17) is 9.47 Å². The van der Waals surface area contributed by atoms with E-state index in [2.05, 4.69) is 10.3 Å². The molecule has 0 radical (unpaired) electrons. The first-order valence-electron chi connectivity index (χ1n) is 10.0. The molecule has 7 heteroatoms. The van der Waals surface area contributed by atoms with E-state index < -0.39 is 5.79 Å². The molecule has 2 fully saturated rings. The van der Waals surface area contributed by atoms with Gasteiger partial charge in [-0.3, -0.25) is 9.59 Å². The molecule has 2 saturated heterocycles. The summed E-state index contributed by atoms with van der Waals surface area (Å²) in [5, 5.41) is 2.87. The van der Waals surface area contributed by atoms with Crippen LogP contribution in [0.3, 0.4) is 0 Å². The monoisotopic (exact) mass is 395 g/mol. The molecule has 3 heterocycles. The van der Waals surface area contributed by atoms with Crippen LogP contribution in [-0.2, 0) is 15.9 Å². The minimum absolute atomic E-state index is 0.170. The number of pyridine rings is 1. The second-order valence-corrected chi connectivity index (χ2v) is 7.30. The topological polar surface area (TPSA) is 80.8 Å². The second-order valence-electron chi connectivity index (χ2n) is 7.30. The standard InChI is InChI=1S/C22H25N3O4/c26-20(23-12-9-17-5-2-1-3-6-17)18-7-4-8-19(24-18)21(27)25-13-10-22(11-14-25)28-15-16-29-22/h1-8H,9-16H2,(H,23,26). The van der Waals surface area contributed by atoms with Gasteiger partial charge in [0.05, 0.1) is 13.2 Å². The highest BCUT2D eigenvalue weighted by Crippen LogP contribution is 2.31. The van der Waals surface area contributed by atoms with Crippen LogP contribution in [0.2, 0.25) is 0 Å². The zero-order chi connectivity index (χ0) is 20.1. The summed E-state index contributed by atoms with van der Waals surface area (Å²) in [4.78, 5) is 31.3. The number of likely N-dealkylation sites (tertiary alicyclic amines) is 1. The third-order valence-corrected chi connectivity index (χ3v) is 5.37. The number of hydrogen-bond acceptors (Lipinski definition) is 5. The number of rotatable bonds is 5. The quantitative estimate of drug-likeness (QED) is 0.838. The van der Waals surface area contributed by atoms with Crippen molar-refractivity contribution in [3.8, 4) is 0 Å². The highest BCUT2D eigenvalue weighted by Gasteiger charge is 2.41. The molecule has 2 amide bonds. The fraction of sp³-hybridized carbons (Fsp3) is 0.409. The molecule has 2 aliphatic heterocycles. The molecule has 0 aliphatic carbocycles. The van der Waals surface area contributed by atoms with Gasteiger partial charge in [-0.25, -0.2) is 4.98 Å². The Morgan fingerprint density at radius 3 is 2.38 bits per heavy atom. The molecular weight excluding hydrogens is 370 g/mol. The van der Waals surface area contributed by atoms with Crippen LogP contribution in [0.25, 0.3) is 0 Å². The number of aromatic nitrogens is 1. The average molecular weight is 395 g/mol. The van der Waals surface area contributed by atoms with E-state index in [0.29, 0.717) is 45.7 Å². The summed E-state index contributed by atoms with van der Waals surface area (Å²) >= 11 is 0. The van der Waals surface area contributed by atoms with E-state index in [1.54, 1.807) is 23.1 Å². The van der Waals surface area contributed by atoms with Crippen LogP contribution < -0.4 is 5.32 Å². The van der Waals surface area contributed by atoms with Crippen molar-refractivity contribution in [1.29, 1.82) is 0 Å². The summed E-state index contributed by atoms with van der Waals surface area (Å²) in [6.07, 6.45) is 2.04. The average Bonchev–Trinajstić information content (AvgIpc) is 3.22. The van der Waals surface area contributed by atoms with Gasteiger partial charge >= 0.3 is 0 Å². The number of amides is 2. The zero-order valence-corrected chi connectivity index (χ0v) is 16.3. The van der Waals surface area contributed by atoms with Gasteiger partial charge in [0.2, 0.25) is 0 Å². The minimum atomic E-state index is -0.523. The highest BCUT2D eigenvalue weighted by atomic mass is 16.7. The number of benzene rings is 1. The van der Waals surface area contributed by atoms with Gasteiger partial charge < -0.3 is 19.7 Å². The predicted molar refractivity (Wildman–Crippen MR) is 106 cm³/mol. The first-order chi connectivity index (χ1) is 14.2. The van der Waals surface area contributed by atoms with Crippen LogP contribution in [0, 0.1) is 0 Å². The lowest BCUT2D eigenvalue weighted by atomic mass is 10.0. The van der Waals surface area contributed by atoms with Crippen molar-refractivity contribution in [2.24, 2.45) is 0 Å². The van der Waals surface area contributed by atoms with Gasteiger partial charge in [-0.15, -0.1) is 0 Å². The Morgan fingerprint density at radius 2 is 1.66 bits per heavy atom. The fourth-order valence-corrected chi connectivity index (χ4v) is 3.73. The Morgan fingerprint density at radius 1 is 0.966 bits per heavy atom. The molecule has 2 aromatic rings. The number of nitrogens with one attached hydrogen (secondary N) is 1. The number of carbonyl (C=O) groups is 2. The van der Waals surface area contributed by atoms with E-state index in [9.17, 15) is 9.59 Å². The Labute approximate surface area is 170 Å². The summed E-state index contributed by atoms with van der Waals surface area (Å²) in [5.74, 6) is -0.970. The lowest BCUT2D eigenvalue weighted by Crippen LogP contribution is -2.47. The van der Waals surface area contributed by atoms with Gasteiger partial charge in [0.1, 0.15) is 11.4 Å². The Kier molecular flexibility index (Phi) is 5.87. The molecule has 0 saturated carbocycles. The van der Waals surface area contributed by atoms with Crippen LogP contribution in [0.1, 0.15) is 39.4 Å². The number of ether oxygens (including phenoxy) is 2. The smallest absolute Gasteiger partial charge is 0.272 e. The molecule has 1 spiro atoms. The molecule has 29 heavy (non-hydrogen) atoms. The Bertz CT molecular complexity index is 855. The van der Waals surface area contributed by atoms with Crippen molar-refractivity contribution >= 4 is 11.8 Å². The van der Waals surface area contributed by atoms with Crippen LogP contribution >= 0.6 is 0 Å². The first-order valence-corrected chi connectivity index (χ1v) is 10.0. The van der Waals surface area contributed by atoms with Gasteiger partial charge in [0, 0.05) is 32.5 Å². The molecule has 1 aromatic carbocycles. The molecule has 1 aromatic heterocycles. The molecular formula is C22H25N3O4. The lowest BCUT2D eigenvalue weighted by molar-refractivity contribution is -0.181. The maximum Gasteiger partial charge on any atom is 0.272 e. The van der Waals surface area contributed by atoms with Crippen molar-refractivity contribution in [3.05, 3.63) is 65.5 Å². The normalized spacial score (nSPS) is 18.0. The zero-order valence-electron chi connectivity index (χ0n) is 16.3. The van der Waals surface area contributed by atoms with Crippen molar-refractivity contribution in [2.45, 2.75) is 25.0 Å².